The van der Waals surface area contributed by atoms with Crippen molar-refractivity contribution in [3.8, 4) is 0 Å². The predicted molar refractivity (Wildman–Crippen MR) is 88.4 cm³/mol. The molecule has 1 heterocycles. The van der Waals surface area contributed by atoms with Crippen LogP contribution in [-0.2, 0) is 16.6 Å². The van der Waals surface area contributed by atoms with Gasteiger partial charge in [0.2, 0.25) is 0 Å². The molecule has 3 aromatic rings. The monoisotopic (exact) mass is 314 g/mol. The van der Waals surface area contributed by atoms with Crippen molar-refractivity contribution in [2.45, 2.75) is 11.4 Å². The minimum atomic E-state index is -3.58. The van der Waals surface area contributed by atoms with E-state index in [9.17, 15) is 8.42 Å². The fraction of sp³-hybridized carbons (Fsp3) is 0.176. The highest BCUT2D eigenvalue weighted by Crippen LogP contribution is 2.26. The van der Waals surface area contributed by atoms with Gasteiger partial charge in [-0.15, -0.1) is 0 Å². The van der Waals surface area contributed by atoms with E-state index >= 15 is 0 Å². The van der Waals surface area contributed by atoms with E-state index in [4.69, 9.17) is 0 Å². The highest BCUT2D eigenvalue weighted by atomic mass is 32.2. The highest BCUT2D eigenvalue weighted by Gasteiger charge is 2.20. The lowest BCUT2D eigenvalue weighted by molar-refractivity contribution is 0.404. The van der Waals surface area contributed by atoms with Crippen LogP contribution in [0.2, 0.25) is 0 Å². The standard InChI is InChI=1S/C17H18N2O2S/c1-18(2)12-14-13-19(17-11-7-6-10-16(14)17)22(20,21)15-8-4-3-5-9-15/h3-11,13H,12H2,1-2H3. The van der Waals surface area contributed by atoms with Gasteiger partial charge in [0, 0.05) is 18.1 Å². The van der Waals surface area contributed by atoms with Gasteiger partial charge in [0.25, 0.3) is 10.0 Å². The van der Waals surface area contributed by atoms with E-state index in [0.29, 0.717) is 17.0 Å². The Morgan fingerprint density at radius 2 is 1.59 bits per heavy atom. The van der Waals surface area contributed by atoms with E-state index in [0.717, 1.165) is 10.9 Å². The zero-order valence-electron chi connectivity index (χ0n) is 12.6. The maximum absolute atomic E-state index is 12.9. The Kier molecular flexibility index (Phi) is 3.76. The second-order valence-electron chi connectivity index (χ2n) is 5.52. The molecule has 3 rings (SSSR count). The second-order valence-corrected chi connectivity index (χ2v) is 7.34. The van der Waals surface area contributed by atoms with E-state index in [1.165, 1.54) is 3.97 Å². The maximum atomic E-state index is 12.9. The molecule has 4 nitrogen and oxygen atoms in total. The first kappa shape index (κ1) is 14.8. The van der Waals surface area contributed by atoms with Crippen molar-refractivity contribution < 1.29 is 8.42 Å². The van der Waals surface area contributed by atoms with Gasteiger partial charge in [-0.25, -0.2) is 12.4 Å². The molecule has 0 saturated heterocycles. The fourth-order valence-corrected chi connectivity index (χ4v) is 4.00. The van der Waals surface area contributed by atoms with Crippen LogP contribution in [0, 0.1) is 0 Å². The van der Waals surface area contributed by atoms with Gasteiger partial charge in [-0.2, -0.15) is 0 Å². The summed E-state index contributed by atoms with van der Waals surface area (Å²) in [7, 11) is 0.358. The van der Waals surface area contributed by atoms with Crippen molar-refractivity contribution in [2.24, 2.45) is 0 Å². The number of para-hydroxylation sites is 1. The molecule has 0 aliphatic carbocycles. The Hall–Kier alpha value is -2.11. The molecule has 0 radical (unpaired) electrons. The summed E-state index contributed by atoms with van der Waals surface area (Å²) in [4.78, 5) is 2.33. The molecule has 0 N–H and O–H groups in total. The number of rotatable bonds is 4. The van der Waals surface area contributed by atoms with Crippen molar-refractivity contribution >= 4 is 20.9 Å². The number of aromatic nitrogens is 1. The third-order valence-corrected chi connectivity index (χ3v) is 5.24. The lowest BCUT2D eigenvalue weighted by Crippen LogP contribution is -2.12. The molecule has 22 heavy (non-hydrogen) atoms. The van der Waals surface area contributed by atoms with Gasteiger partial charge in [-0.1, -0.05) is 36.4 Å². The van der Waals surface area contributed by atoms with Gasteiger partial charge in [-0.05, 0) is 37.9 Å². The molecular formula is C17H18N2O2S. The third kappa shape index (κ3) is 2.53. The topological polar surface area (TPSA) is 42.3 Å². The second kappa shape index (κ2) is 5.59. The average Bonchev–Trinajstić information content (AvgIpc) is 2.87. The summed E-state index contributed by atoms with van der Waals surface area (Å²) in [6.07, 6.45) is 1.73. The van der Waals surface area contributed by atoms with Crippen molar-refractivity contribution in [3.63, 3.8) is 0 Å². The highest BCUT2D eigenvalue weighted by molar-refractivity contribution is 7.90. The van der Waals surface area contributed by atoms with E-state index in [1.807, 2.05) is 49.3 Å². The molecule has 0 saturated carbocycles. The molecule has 0 atom stereocenters. The summed E-state index contributed by atoms with van der Waals surface area (Å²) in [5, 5.41) is 0.968. The van der Waals surface area contributed by atoms with E-state index in [1.54, 1.807) is 30.5 Å². The predicted octanol–water partition coefficient (Wildman–Crippen LogP) is 2.94. The third-order valence-electron chi connectivity index (χ3n) is 3.55. The van der Waals surface area contributed by atoms with Crippen LogP contribution >= 0.6 is 0 Å². The van der Waals surface area contributed by atoms with Crippen molar-refractivity contribution in [3.05, 3.63) is 66.4 Å². The summed E-state index contributed by atoms with van der Waals surface area (Å²) in [6.45, 7) is 0.692. The van der Waals surface area contributed by atoms with Gasteiger partial charge >= 0.3 is 0 Å². The zero-order chi connectivity index (χ0) is 15.7. The van der Waals surface area contributed by atoms with Crippen molar-refractivity contribution in [2.75, 3.05) is 14.1 Å². The molecule has 114 valence electrons. The summed E-state index contributed by atoms with van der Waals surface area (Å²) in [5.74, 6) is 0. The summed E-state index contributed by atoms with van der Waals surface area (Å²) in [6, 6.07) is 16.1. The lowest BCUT2D eigenvalue weighted by atomic mass is 10.2. The molecule has 0 spiro atoms. The molecule has 0 aliphatic heterocycles. The zero-order valence-corrected chi connectivity index (χ0v) is 13.4. The van der Waals surface area contributed by atoms with Crippen LogP contribution in [0.1, 0.15) is 5.56 Å². The number of fused-ring (bicyclic) bond motifs is 1. The Balaban J connectivity index is 2.23. The van der Waals surface area contributed by atoms with Gasteiger partial charge < -0.3 is 4.90 Å². The number of benzene rings is 2. The first-order valence-corrected chi connectivity index (χ1v) is 8.48. The Labute approximate surface area is 130 Å². The molecule has 1 aromatic heterocycles. The minimum absolute atomic E-state index is 0.298. The van der Waals surface area contributed by atoms with Crippen LogP contribution in [0.4, 0.5) is 0 Å². The number of hydrogen-bond donors (Lipinski definition) is 0. The maximum Gasteiger partial charge on any atom is 0.268 e. The first-order chi connectivity index (χ1) is 10.5. The summed E-state index contributed by atoms with van der Waals surface area (Å²) in [5.41, 5.74) is 1.71. The van der Waals surface area contributed by atoms with E-state index < -0.39 is 10.0 Å². The Bertz CT molecular complexity index is 897. The van der Waals surface area contributed by atoms with Gasteiger partial charge in [0.15, 0.2) is 0 Å². The van der Waals surface area contributed by atoms with E-state index in [-0.39, 0.29) is 0 Å². The van der Waals surface area contributed by atoms with Crippen LogP contribution in [0.25, 0.3) is 10.9 Å². The molecule has 2 aromatic carbocycles. The molecular weight excluding hydrogens is 296 g/mol. The molecule has 0 unspecified atom stereocenters. The molecule has 0 aliphatic rings. The Morgan fingerprint density at radius 1 is 0.955 bits per heavy atom. The summed E-state index contributed by atoms with van der Waals surface area (Å²) < 4.78 is 27.2. The van der Waals surface area contributed by atoms with Crippen molar-refractivity contribution in [1.29, 1.82) is 0 Å². The number of nitrogens with zero attached hydrogens (tertiary/aromatic N) is 2. The Morgan fingerprint density at radius 3 is 2.27 bits per heavy atom. The number of hydrogen-bond acceptors (Lipinski definition) is 3. The van der Waals surface area contributed by atoms with Crippen LogP contribution in [0.3, 0.4) is 0 Å². The molecule has 0 fully saturated rings. The van der Waals surface area contributed by atoms with Crippen molar-refractivity contribution in [1.82, 2.24) is 8.87 Å². The van der Waals surface area contributed by atoms with E-state index in [2.05, 4.69) is 0 Å². The van der Waals surface area contributed by atoms with Gasteiger partial charge in [0.05, 0.1) is 10.4 Å². The van der Waals surface area contributed by atoms with Crippen LogP contribution in [0.15, 0.2) is 65.7 Å². The minimum Gasteiger partial charge on any atom is -0.305 e. The average molecular weight is 314 g/mol. The SMILES string of the molecule is CN(C)Cc1cn(S(=O)(=O)c2ccccc2)c2ccccc12. The smallest absolute Gasteiger partial charge is 0.268 e. The molecule has 0 amide bonds. The van der Waals surface area contributed by atoms with Gasteiger partial charge in [-0.3, -0.25) is 0 Å². The first-order valence-electron chi connectivity index (χ1n) is 7.04. The normalized spacial score (nSPS) is 12.1. The van der Waals surface area contributed by atoms with Crippen LogP contribution in [0.5, 0.6) is 0 Å². The summed E-state index contributed by atoms with van der Waals surface area (Å²) >= 11 is 0. The fourth-order valence-electron chi connectivity index (χ4n) is 2.59. The quantitative estimate of drug-likeness (QED) is 0.743. The lowest BCUT2D eigenvalue weighted by Gasteiger charge is -2.08. The van der Waals surface area contributed by atoms with Crippen LogP contribution in [-0.4, -0.2) is 31.4 Å². The van der Waals surface area contributed by atoms with Gasteiger partial charge in [0.1, 0.15) is 0 Å². The largest absolute Gasteiger partial charge is 0.305 e. The van der Waals surface area contributed by atoms with Crippen LogP contribution < -0.4 is 0 Å². The molecule has 0 bridgehead atoms. The molecule has 5 heteroatoms.